The van der Waals surface area contributed by atoms with Crippen molar-refractivity contribution in [3.05, 3.63) is 54.6 Å². The molecule has 0 N–H and O–H groups in total. The van der Waals surface area contributed by atoms with Gasteiger partial charge in [-0.25, -0.2) is 9.97 Å². The van der Waals surface area contributed by atoms with Gasteiger partial charge in [-0.05, 0) is 36.4 Å². The van der Waals surface area contributed by atoms with Crippen molar-refractivity contribution >= 4 is 21.6 Å². The van der Waals surface area contributed by atoms with Crippen molar-refractivity contribution in [3.8, 4) is 39.2 Å². The molecule has 0 amide bonds. The fraction of sp³-hybridized carbons (Fsp3) is 0.143. The van der Waals surface area contributed by atoms with E-state index >= 15 is 0 Å². The van der Waals surface area contributed by atoms with Crippen LogP contribution in [0.3, 0.4) is 0 Å². The summed E-state index contributed by atoms with van der Waals surface area (Å²) in [6, 6.07) is 17.8. The SMILES string of the molecule is COc1cc(-c2cccc(-c3nc4ccccc4s3)n2)cc(OC)c1OC. The highest BCUT2D eigenvalue weighted by Crippen LogP contribution is 2.41. The zero-order valence-electron chi connectivity index (χ0n) is 15.2. The van der Waals surface area contributed by atoms with E-state index in [0.29, 0.717) is 17.2 Å². The first-order chi connectivity index (χ1) is 13.2. The topological polar surface area (TPSA) is 53.5 Å². The maximum Gasteiger partial charge on any atom is 0.203 e. The number of pyridine rings is 1. The van der Waals surface area contributed by atoms with Crippen LogP contribution in [0.15, 0.2) is 54.6 Å². The molecular formula is C21H18N2O3S. The quantitative estimate of drug-likeness (QED) is 0.486. The molecule has 136 valence electrons. The summed E-state index contributed by atoms with van der Waals surface area (Å²) >= 11 is 1.63. The molecule has 0 radical (unpaired) electrons. The molecule has 0 aliphatic carbocycles. The van der Waals surface area contributed by atoms with Gasteiger partial charge in [-0.1, -0.05) is 18.2 Å². The Morgan fingerprint density at radius 2 is 1.44 bits per heavy atom. The summed E-state index contributed by atoms with van der Waals surface area (Å²) in [7, 11) is 4.80. The molecule has 2 heterocycles. The van der Waals surface area contributed by atoms with Crippen LogP contribution in [0, 0.1) is 0 Å². The van der Waals surface area contributed by atoms with Gasteiger partial charge in [0.2, 0.25) is 5.75 Å². The Hall–Kier alpha value is -3.12. The van der Waals surface area contributed by atoms with E-state index in [-0.39, 0.29) is 0 Å². The normalized spacial score (nSPS) is 10.8. The Kier molecular flexibility index (Phi) is 4.64. The first-order valence-corrected chi connectivity index (χ1v) is 9.18. The van der Waals surface area contributed by atoms with Gasteiger partial charge >= 0.3 is 0 Å². The highest BCUT2D eigenvalue weighted by molar-refractivity contribution is 7.21. The van der Waals surface area contributed by atoms with Gasteiger partial charge in [0.15, 0.2) is 11.5 Å². The number of para-hydroxylation sites is 1. The molecule has 2 aromatic heterocycles. The van der Waals surface area contributed by atoms with E-state index in [9.17, 15) is 0 Å². The molecule has 0 saturated carbocycles. The van der Waals surface area contributed by atoms with E-state index in [1.807, 2.05) is 48.5 Å². The standard InChI is InChI=1S/C21H18N2O3S/c1-24-17-11-13(12-18(25-2)20(17)26-3)14-8-6-9-16(22-14)21-23-15-7-4-5-10-19(15)27-21/h4-12H,1-3H3. The summed E-state index contributed by atoms with van der Waals surface area (Å²) in [6.07, 6.45) is 0. The first-order valence-electron chi connectivity index (χ1n) is 8.37. The lowest BCUT2D eigenvalue weighted by molar-refractivity contribution is 0.324. The molecule has 5 nitrogen and oxygen atoms in total. The number of methoxy groups -OCH3 is 3. The second-order valence-corrected chi connectivity index (χ2v) is 6.84. The number of nitrogens with zero attached hydrogens (tertiary/aromatic N) is 2. The second-order valence-electron chi connectivity index (χ2n) is 5.81. The van der Waals surface area contributed by atoms with E-state index in [0.717, 1.165) is 32.2 Å². The van der Waals surface area contributed by atoms with Gasteiger partial charge in [0, 0.05) is 5.56 Å². The average molecular weight is 378 g/mol. The fourth-order valence-corrected chi connectivity index (χ4v) is 3.86. The number of rotatable bonds is 5. The Morgan fingerprint density at radius 3 is 2.11 bits per heavy atom. The molecule has 6 heteroatoms. The molecule has 0 aliphatic heterocycles. The molecule has 4 aromatic rings. The van der Waals surface area contributed by atoms with E-state index < -0.39 is 0 Å². The number of benzene rings is 2. The van der Waals surface area contributed by atoms with Crippen molar-refractivity contribution in [1.82, 2.24) is 9.97 Å². The molecule has 27 heavy (non-hydrogen) atoms. The van der Waals surface area contributed by atoms with Gasteiger partial charge in [0.05, 0.1) is 42.9 Å². The predicted molar refractivity (Wildman–Crippen MR) is 108 cm³/mol. The number of thiazole rings is 1. The molecule has 0 saturated heterocycles. The van der Waals surface area contributed by atoms with Crippen LogP contribution in [0.1, 0.15) is 0 Å². The van der Waals surface area contributed by atoms with Gasteiger partial charge in [-0.2, -0.15) is 0 Å². The molecule has 0 aliphatic rings. The van der Waals surface area contributed by atoms with Crippen molar-refractivity contribution in [1.29, 1.82) is 0 Å². The van der Waals surface area contributed by atoms with Gasteiger partial charge in [-0.15, -0.1) is 11.3 Å². The fourth-order valence-electron chi connectivity index (χ4n) is 2.93. The Labute approximate surface area is 161 Å². The van der Waals surface area contributed by atoms with E-state index in [2.05, 4.69) is 6.07 Å². The largest absolute Gasteiger partial charge is 0.493 e. The number of fused-ring (bicyclic) bond motifs is 1. The third-order valence-corrected chi connectivity index (χ3v) is 5.28. The van der Waals surface area contributed by atoms with Crippen LogP contribution in [0.2, 0.25) is 0 Å². The van der Waals surface area contributed by atoms with E-state index in [1.165, 1.54) is 0 Å². The summed E-state index contributed by atoms with van der Waals surface area (Å²) in [5.74, 6) is 1.75. The average Bonchev–Trinajstić information content (AvgIpc) is 3.17. The number of aromatic nitrogens is 2. The first kappa shape index (κ1) is 17.3. The second kappa shape index (κ2) is 7.25. The van der Waals surface area contributed by atoms with Crippen molar-refractivity contribution in [2.75, 3.05) is 21.3 Å². The van der Waals surface area contributed by atoms with Gasteiger partial charge in [-0.3, -0.25) is 0 Å². The predicted octanol–water partition coefficient (Wildman–Crippen LogP) is 5.05. The third kappa shape index (κ3) is 3.19. The minimum absolute atomic E-state index is 0.561. The zero-order valence-corrected chi connectivity index (χ0v) is 16.0. The maximum atomic E-state index is 5.45. The van der Waals surface area contributed by atoms with Crippen LogP contribution in [-0.4, -0.2) is 31.3 Å². The van der Waals surface area contributed by atoms with E-state index in [4.69, 9.17) is 24.2 Å². The Morgan fingerprint density at radius 1 is 0.741 bits per heavy atom. The monoisotopic (exact) mass is 378 g/mol. The van der Waals surface area contributed by atoms with Crippen molar-refractivity contribution in [2.24, 2.45) is 0 Å². The highest BCUT2D eigenvalue weighted by Gasteiger charge is 2.15. The van der Waals surface area contributed by atoms with Gasteiger partial charge in [0.1, 0.15) is 5.01 Å². The molecule has 0 bridgehead atoms. The molecule has 0 fully saturated rings. The van der Waals surface area contributed by atoms with Crippen LogP contribution < -0.4 is 14.2 Å². The summed E-state index contributed by atoms with van der Waals surface area (Å²) in [6.45, 7) is 0. The number of ether oxygens (including phenoxy) is 3. The van der Waals surface area contributed by atoms with Crippen molar-refractivity contribution in [3.63, 3.8) is 0 Å². The summed E-state index contributed by atoms with van der Waals surface area (Å²) < 4.78 is 17.4. The molecule has 0 unspecified atom stereocenters. The van der Waals surface area contributed by atoms with Crippen molar-refractivity contribution < 1.29 is 14.2 Å². The summed E-state index contributed by atoms with van der Waals surface area (Å²) in [5, 5.41) is 0.894. The number of hydrogen-bond donors (Lipinski definition) is 0. The zero-order chi connectivity index (χ0) is 18.8. The smallest absolute Gasteiger partial charge is 0.203 e. The van der Waals surface area contributed by atoms with Crippen LogP contribution >= 0.6 is 11.3 Å². The van der Waals surface area contributed by atoms with Gasteiger partial charge < -0.3 is 14.2 Å². The lowest BCUT2D eigenvalue weighted by Crippen LogP contribution is -1.96. The molecule has 0 atom stereocenters. The molecule has 0 spiro atoms. The highest BCUT2D eigenvalue weighted by atomic mass is 32.1. The lowest BCUT2D eigenvalue weighted by Gasteiger charge is -2.14. The number of hydrogen-bond acceptors (Lipinski definition) is 6. The molecular weight excluding hydrogens is 360 g/mol. The Bertz CT molecular complexity index is 1050. The van der Waals surface area contributed by atoms with Crippen LogP contribution in [0.25, 0.3) is 32.2 Å². The van der Waals surface area contributed by atoms with Gasteiger partial charge in [0.25, 0.3) is 0 Å². The molecule has 4 rings (SSSR count). The van der Waals surface area contributed by atoms with E-state index in [1.54, 1.807) is 32.7 Å². The molecule has 2 aromatic carbocycles. The summed E-state index contributed by atoms with van der Waals surface area (Å²) in [5.41, 5.74) is 3.51. The van der Waals surface area contributed by atoms with Crippen LogP contribution in [0.5, 0.6) is 17.2 Å². The summed E-state index contributed by atoms with van der Waals surface area (Å²) in [4.78, 5) is 9.51. The minimum Gasteiger partial charge on any atom is -0.493 e. The maximum absolute atomic E-state index is 5.45. The van der Waals surface area contributed by atoms with Crippen molar-refractivity contribution in [2.45, 2.75) is 0 Å². The third-order valence-electron chi connectivity index (χ3n) is 4.22. The minimum atomic E-state index is 0.561. The lowest BCUT2D eigenvalue weighted by atomic mass is 10.1. The van der Waals surface area contributed by atoms with Crippen LogP contribution in [-0.2, 0) is 0 Å². The Balaban J connectivity index is 1.80. The van der Waals surface area contributed by atoms with Crippen LogP contribution in [0.4, 0.5) is 0 Å².